The van der Waals surface area contributed by atoms with Crippen LogP contribution < -0.4 is 5.32 Å². The largest absolute Gasteiger partial charge is 0.469 e. The van der Waals surface area contributed by atoms with Crippen molar-refractivity contribution in [2.24, 2.45) is 0 Å². The minimum Gasteiger partial charge on any atom is -0.469 e. The molecule has 2 unspecified atom stereocenters. The van der Waals surface area contributed by atoms with Crippen molar-refractivity contribution in [1.82, 2.24) is 5.32 Å². The molecule has 0 saturated carbocycles. The third-order valence-electron chi connectivity index (χ3n) is 3.13. The average molecular weight is 281 g/mol. The molecule has 1 aromatic carbocycles. The Bertz CT molecular complexity index is 392. The number of hydrogen-bond acceptors (Lipinski definition) is 4. The van der Waals surface area contributed by atoms with Gasteiger partial charge in [0, 0.05) is 17.0 Å². The Morgan fingerprint density at radius 3 is 2.53 bits per heavy atom. The van der Waals surface area contributed by atoms with Gasteiger partial charge in [-0.05, 0) is 19.5 Å². The summed E-state index contributed by atoms with van der Waals surface area (Å²) in [5.41, 5.74) is 2.55. The van der Waals surface area contributed by atoms with Crippen molar-refractivity contribution in [2.75, 3.05) is 19.9 Å². The van der Waals surface area contributed by atoms with E-state index >= 15 is 0 Å². The third-order valence-corrected chi connectivity index (χ3v) is 4.37. The summed E-state index contributed by atoms with van der Waals surface area (Å²) in [7, 11) is 3.40. The number of rotatable bonds is 7. The standard InChI is InChI=1S/C15H23NO2S/c1-11-5-7-13(8-6-11)15(16-3)12(2)19-10-9-14(17)18-4/h5-8,12,15-16H,9-10H2,1-4H3. The van der Waals surface area contributed by atoms with E-state index in [0.29, 0.717) is 17.7 Å². The average Bonchev–Trinajstić information content (AvgIpc) is 2.41. The zero-order chi connectivity index (χ0) is 14.3. The number of nitrogens with one attached hydrogen (secondary N) is 1. The molecule has 19 heavy (non-hydrogen) atoms. The van der Waals surface area contributed by atoms with E-state index < -0.39 is 0 Å². The fourth-order valence-electron chi connectivity index (χ4n) is 1.97. The monoisotopic (exact) mass is 281 g/mol. The van der Waals surface area contributed by atoms with Gasteiger partial charge >= 0.3 is 5.97 Å². The van der Waals surface area contributed by atoms with Gasteiger partial charge in [-0.1, -0.05) is 36.8 Å². The summed E-state index contributed by atoms with van der Waals surface area (Å²) in [6.45, 7) is 4.27. The minimum absolute atomic E-state index is 0.143. The molecule has 0 spiro atoms. The molecule has 3 nitrogen and oxygen atoms in total. The van der Waals surface area contributed by atoms with E-state index in [1.54, 1.807) is 11.8 Å². The van der Waals surface area contributed by atoms with Gasteiger partial charge in [0.2, 0.25) is 0 Å². The highest BCUT2D eigenvalue weighted by molar-refractivity contribution is 7.99. The van der Waals surface area contributed by atoms with Crippen molar-refractivity contribution in [2.45, 2.75) is 31.6 Å². The molecular formula is C15H23NO2S. The van der Waals surface area contributed by atoms with Crippen LogP contribution in [-0.2, 0) is 9.53 Å². The number of aryl methyl sites for hydroxylation is 1. The molecule has 0 saturated heterocycles. The highest BCUT2D eigenvalue weighted by Gasteiger charge is 2.18. The van der Waals surface area contributed by atoms with Crippen molar-refractivity contribution in [3.05, 3.63) is 35.4 Å². The molecule has 4 heteroatoms. The SMILES string of the molecule is CNC(c1ccc(C)cc1)C(C)SCCC(=O)OC. The lowest BCUT2D eigenvalue weighted by Crippen LogP contribution is -2.25. The van der Waals surface area contributed by atoms with E-state index in [9.17, 15) is 4.79 Å². The Hall–Kier alpha value is -1.00. The molecule has 0 amide bonds. The van der Waals surface area contributed by atoms with Gasteiger partial charge in [0.1, 0.15) is 0 Å². The van der Waals surface area contributed by atoms with E-state index in [1.165, 1.54) is 18.2 Å². The van der Waals surface area contributed by atoms with Crippen molar-refractivity contribution >= 4 is 17.7 Å². The number of carbonyl (C=O) groups is 1. The second-order valence-electron chi connectivity index (χ2n) is 4.58. The smallest absolute Gasteiger partial charge is 0.306 e. The minimum atomic E-state index is -0.143. The summed E-state index contributed by atoms with van der Waals surface area (Å²) in [5, 5.41) is 3.75. The second kappa shape index (κ2) is 8.23. The van der Waals surface area contributed by atoms with Crippen LogP contribution >= 0.6 is 11.8 Å². The summed E-state index contributed by atoms with van der Waals surface area (Å²) < 4.78 is 4.65. The molecule has 0 bridgehead atoms. The van der Waals surface area contributed by atoms with Crippen molar-refractivity contribution in [3.8, 4) is 0 Å². The number of methoxy groups -OCH3 is 1. The maximum absolute atomic E-state index is 11.1. The molecule has 2 atom stereocenters. The summed E-state index contributed by atoms with van der Waals surface area (Å²) >= 11 is 1.79. The number of hydrogen-bond donors (Lipinski definition) is 1. The van der Waals surface area contributed by atoms with Crippen LogP contribution in [0, 0.1) is 6.92 Å². The first kappa shape index (κ1) is 16.1. The summed E-state index contributed by atoms with van der Waals surface area (Å²) in [5.74, 6) is 0.647. The molecule has 106 valence electrons. The Morgan fingerprint density at radius 1 is 1.37 bits per heavy atom. The predicted molar refractivity (Wildman–Crippen MR) is 81.5 cm³/mol. The Morgan fingerprint density at radius 2 is 2.00 bits per heavy atom. The topological polar surface area (TPSA) is 38.3 Å². The quantitative estimate of drug-likeness (QED) is 0.780. The third kappa shape index (κ3) is 5.25. The first-order valence-corrected chi connectivity index (χ1v) is 7.55. The number of esters is 1. The lowest BCUT2D eigenvalue weighted by Gasteiger charge is -2.23. The molecule has 0 aliphatic rings. The van der Waals surface area contributed by atoms with Crippen LogP contribution in [-0.4, -0.2) is 31.1 Å². The number of carbonyl (C=O) groups excluding carboxylic acids is 1. The Kier molecular flexibility index (Phi) is 6.95. The Balaban J connectivity index is 2.54. The van der Waals surface area contributed by atoms with Gasteiger partial charge in [0.15, 0.2) is 0 Å². The molecular weight excluding hydrogens is 258 g/mol. The van der Waals surface area contributed by atoms with Crippen molar-refractivity contribution in [3.63, 3.8) is 0 Å². The van der Waals surface area contributed by atoms with Gasteiger partial charge in [-0.25, -0.2) is 0 Å². The van der Waals surface area contributed by atoms with Crippen LogP contribution in [0.3, 0.4) is 0 Å². The van der Waals surface area contributed by atoms with Crippen LogP contribution in [0.4, 0.5) is 0 Å². The van der Waals surface area contributed by atoms with Gasteiger partial charge in [-0.2, -0.15) is 11.8 Å². The van der Waals surface area contributed by atoms with Crippen LogP contribution in [0.25, 0.3) is 0 Å². The van der Waals surface area contributed by atoms with Crippen molar-refractivity contribution < 1.29 is 9.53 Å². The highest BCUT2D eigenvalue weighted by atomic mass is 32.2. The first-order valence-electron chi connectivity index (χ1n) is 6.50. The van der Waals surface area contributed by atoms with E-state index in [1.807, 2.05) is 7.05 Å². The van der Waals surface area contributed by atoms with E-state index in [2.05, 4.69) is 48.2 Å². The zero-order valence-corrected chi connectivity index (χ0v) is 12.9. The molecule has 0 aliphatic carbocycles. The fourth-order valence-corrected chi connectivity index (χ4v) is 3.11. The maximum atomic E-state index is 11.1. The van der Waals surface area contributed by atoms with Gasteiger partial charge in [-0.15, -0.1) is 0 Å². The summed E-state index contributed by atoms with van der Waals surface area (Å²) in [6, 6.07) is 8.88. The molecule has 1 aromatic rings. The molecule has 0 heterocycles. The molecule has 0 aromatic heterocycles. The van der Waals surface area contributed by atoms with Gasteiger partial charge in [0.25, 0.3) is 0 Å². The van der Waals surface area contributed by atoms with E-state index in [-0.39, 0.29) is 5.97 Å². The number of ether oxygens (including phenoxy) is 1. The second-order valence-corrected chi connectivity index (χ2v) is 6.06. The van der Waals surface area contributed by atoms with Gasteiger partial charge < -0.3 is 10.1 Å². The lowest BCUT2D eigenvalue weighted by molar-refractivity contribution is -0.140. The summed E-state index contributed by atoms with van der Waals surface area (Å²) in [4.78, 5) is 11.1. The predicted octanol–water partition coefficient (Wildman–Crippen LogP) is 2.94. The van der Waals surface area contributed by atoms with Gasteiger partial charge in [0.05, 0.1) is 13.5 Å². The lowest BCUT2D eigenvalue weighted by atomic mass is 10.0. The molecule has 1 rings (SSSR count). The normalized spacial score (nSPS) is 13.9. The van der Waals surface area contributed by atoms with Crippen LogP contribution in [0.15, 0.2) is 24.3 Å². The van der Waals surface area contributed by atoms with E-state index in [4.69, 9.17) is 0 Å². The van der Waals surface area contributed by atoms with Gasteiger partial charge in [-0.3, -0.25) is 4.79 Å². The van der Waals surface area contributed by atoms with Crippen molar-refractivity contribution in [1.29, 1.82) is 0 Å². The number of thioether (sulfide) groups is 1. The maximum Gasteiger partial charge on any atom is 0.306 e. The summed E-state index contributed by atoms with van der Waals surface area (Å²) in [6.07, 6.45) is 0.468. The first-order chi connectivity index (χ1) is 9.08. The molecule has 0 radical (unpaired) electrons. The number of benzene rings is 1. The van der Waals surface area contributed by atoms with Crippen LogP contribution in [0.1, 0.15) is 30.5 Å². The molecule has 0 fully saturated rings. The zero-order valence-electron chi connectivity index (χ0n) is 12.1. The van der Waals surface area contributed by atoms with Crippen LogP contribution in [0.5, 0.6) is 0 Å². The van der Waals surface area contributed by atoms with Crippen LogP contribution in [0.2, 0.25) is 0 Å². The Labute approximate surface area is 120 Å². The molecule has 1 N–H and O–H groups in total. The fraction of sp³-hybridized carbons (Fsp3) is 0.533. The van der Waals surface area contributed by atoms with E-state index in [0.717, 1.165) is 5.75 Å². The highest BCUT2D eigenvalue weighted by Crippen LogP contribution is 2.26. The molecule has 0 aliphatic heterocycles.